The molecule has 0 spiro atoms. The molecule has 7 heteroatoms. The van der Waals surface area contributed by atoms with Gasteiger partial charge in [-0.1, -0.05) is 0 Å². The molecule has 2 aromatic rings. The molecule has 0 unspecified atom stereocenters. The van der Waals surface area contributed by atoms with E-state index in [9.17, 15) is 13.6 Å². The van der Waals surface area contributed by atoms with Crippen LogP contribution in [0.4, 0.5) is 26.0 Å². The van der Waals surface area contributed by atoms with Crippen LogP contribution >= 0.6 is 0 Å². The van der Waals surface area contributed by atoms with E-state index in [1.807, 2.05) is 0 Å². The van der Waals surface area contributed by atoms with Crippen molar-refractivity contribution < 1.29 is 18.7 Å². The molecule has 0 atom stereocenters. The highest BCUT2D eigenvalue weighted by Gasteiger charge is 2.13. The highest BCUT2D eigenvalue weighted by Crippen LogP contribution is 2.22. The molecule has 19 heavy (non-hydrogen) atoms. The fraction of sp³-hybridized carbons (Fsp3) is 0. The smallest absolute Gasteiger partial charge is 0.339 e. The number of hydrogen-bond acceptors (Lipinski definition) is 4. The number of aromatic carboxylic acids is 1. The minimum Gasteiger partial charge on any atom is -0.478 e. The van der Waals surface area contributed by atoms with E-state index in [-0.39, 0.29) is 22.8 Å². The monoisotopic (exact) mass is 265 g/mol. The molecule has 2 rings (SSSR count). The Kier molecular flexibility index (Phi) is 3.28. The quantitative estimate of drug-likeness (QED) is 0.793. The van der Waals surface area contributed by atoms with Crippen molar-refractivity contribution in [2.24, 2.45) is 0 Å². The van der Waals surface area contributed by atoms with Crippen LogP contribution in [0.5, 0.6) is 0 Å². The van der Waals surface area contributed by atoms with E-state index in [1.54, 1.807) is 0 Å². The van der Waals surface area contributed by atoms with Crippen molar-refractivity contribution in [3.63, 3.8) is 0 Å². The minimum atomic E-state index is -1.23. The number of hydrogen-bond donors (Lipinski definition) is 3. The van der Waals surface area contributed by atoms with Crippen LogP contribution in [-0.4, -0.2) is 16.1 Å². The molecule has 5 nitrogen and oxygen atoms in total. The molecule has 0 amide bonds. The molecule has 1 aromatic carbocycles. The van der Waals surface area contributed by atoms with Gasteiger partial charge in [-0.05, 0) is 18.2 Å². The third-order valence-electron chi connectivity index (χ3n) is 2.32. The van der Waals surface area contributed by atoms with E-state index >= 15 is 0 Å². The molecule has 1 heterocycles. The Bertz CT molecular complexity index is 647. The number of aromatic nitrogens is 1. The fourth-order valence-corrected chi connectivity index (χ4v) is 1.45. The maximum Gasteiger partial charge on any atom is 0.339 e. The second-order valence-electron chi connectivity index (χ2n) is 3.72. The van der Waals surface area contributed by atoms with Gasteiger partial charge >= 0.3 is 5.97 Å². The molecule has 1 aromatic heterocycles. The van der Waals surface area contributed by atoms with Gasteiger partial charge in [0.1, 0.15) is 11.4 Å². The van der Waals surface area contributed by atoms with Gasteiger partial charge in [0.2, 0.25) is 0 Å². The summed E-state index contributed by atoms with van der Waals surface area (Å²) >= 11 is 0. The molecule has 0 bridgehead atoms. The molecule has 0 aliphatic heterocycles. The lowest BCUT2D eigenvalue weighted by atomic mass is 10.2. The Morgan fingerprint density at radius 3 is 2.63 bits per heavy atom. The number of nitrogens with zero attached hydrogens (tertiary/aromatic N) is 1. The summed E-state index contributed by atoms with van der Waals surface area (Å²) in [6.07, 6.45) is 1.26. The van der Waals surface area contributed by atoms with Crippen LogP contribution in [0, 0.1) is 11.6 Å². The lowest BCUT2D eigenvalue weighted by Gasteiger charge is -2.09. The first-order valence-electron chi connectivity index (χ1n) is 5.18. The van der Waals surface area contributed by atoms with Crippen LogP contribution in [0.3, 0.4) is 0 Å². The summed E-state index contributed by atoms with van der Waals surface area (Å²) in [6, 6.07) is 4.31. The van der Waals surface area contributed by atoms with Crippen molar-refractivity contribution in [3.8, 4) is 0 Å². The van der Waals surface area contributed by atoms with Crippen LogP contribution in [0.25, 0.3) is 0 Å². The summed E-state index contributed by atoms with van der Waals surface area (Å²) in [7, 11) is 0. The SMILES string of the molecule is Nc1cnc(Nc2ccc(F)c(F)c2)c(C(=O)O)c1. The third kappa shape index (κ3) is 2.76. The van der Waals surface area contributed by atoms with Gasteiger partial charge in [-0.25, -0.2) is 18.6 Å². The average molecular weight is 265 g/mol. The average Bonchev–Trinajstić information content (AvgIpc) is 2.36. The normalized spacial score (nSPS) is 10.2. The van der Waals surface area contributed by atoms with Gasteiger partial charge in [-0.15, -0.1) is 0 Å². The van der Waals surface area contributed by atoms with Gasteiger partial charge < -0.3 is 16.2 Å². The third-order valence-corrected chi connectivity index (χ3v) is 2.32. The zero-order chi connectivity index (χ0) is 14.0. The molecule has 4 N–H and O–H groups in total. The number of pyridine rings is 1. The molecular weight excluding hydrogens is 256 g/mol. The summed E-state index contributed by atoms with van der Waals surface area (Å²) in [5, 5.41) is 11.6. The number of nitrogen functional groups attached to an aromatic ring is 1. The molecule has 0 saturated heterocycles. The Morgan fingerprint density at radius 1 is 1.26 bits per heavy atom. The number of benzene rings is 1. The first-order chi connectivity index (χ1) is 8.97. The number of halogens is 2. The van der Waals surface area contributed by atoms with E-state index in [0.717, 1.165) is 12.1 Å². The van der Waals surface area contributed by atoms with Crippen LogP contribution in [0.15, 0.2) is 30.5 Å². The predicted octanol–water partition coefficient (Wildman–Crippen LogP) is 2.38. The molecular formula is C12H9F2N3O2. The lowest BCUT2D eigenvalue weighted by molar-refractivity contribution is 0.0697. The van der Waals surface area contributed by atoms with Crippen molar-refractivity contribution in [1.82, 2.24) is 4.98 Å². The molecule has 0 saturated carbocycles. The first-order valence-corrected chi connectivity index (χ1v) is 5.18. The Morgan fingerprint density at radius 2 is 2.00 bits per heavy atom. The van der Waals surface area contributed by atoms with Gasteiger partial charge in [-0.3, -0.25) is 0 Å². The second kappa shape index (κ2) is 4.89. The summed E-state index contributed by atoms with van der Waals surface area (Å²) in [4.78, 5) is 14.8. The Hall–Kier alpha value is -2.70. The van der Waals surface area contributed by atoms with Crippen LogP contribution in [0.2, 0.25) is 0 Å². The molecule has 0 aliphatic rings. The number of rotatable bonds is 3. The summed E-state index contributed by atoms with van der Waals surface area (Å²) in [5.74, 6) is -3.27. The highest BCUT2D eigenvalue weighted by molar-refractivity contribution is 5.94. The highest BCUT2D eigenvalue weighted by atomic mass is 19.2. The van der Waals surface area contributed by atoms with Crippen LogP contribution in [0.1, 0.15) is 10.4 Å². The lowest BCUT2D eigenvalue weighted by Crippen LogP contribution is -2.06. The van der Waals surface area contributed by atoms with Gasteiger partial charge in [0, 0.05) is 11.8 Å². The van der Waals surface area contributed by atoms with Crippen LogP contribution in [-0.2, 0) is 0 Å². The number of carboxylic acids is 1. The zero-order valence-electron chi connectivity index (χ0n) is 9.52. The number of nitrogens with two attached hydrogens (primary N) is 1. The number of carbonyl (C=O) groups is 1. The Labute approximate surface area is 106 Å². The zero-order valence-corrected chi connectivity index (χ0v) is 9.52. The Balaban J connectivity index is 2.37. The summed E-state index contributed by atoms with van der Waals surface area (Å²) < 4.78 is 25.8. The van der Waals surface area contributed by atoms with E-state index in [0.29, 0.717) is 0 Å². The number of carboxylic acid groups (broad SMARTS) is 1. The predicted molar refractivity (Wildman–Crippen MR) is 65.2 cm³/mol. The molecule has 0 aliphatic carbocycles. The summed E-state index contributed by atoms with van der Waals surface area (Å²) in [5.41, 5.74) is 5.64. The minimum absolute atomic E-state index is 0.00675. The van der Waals surface area contributed by atoms with Crippen molar-refractivity contribution in [1.29, 1.82) is 0 Å². The van der Waals surface area contributed by atoms with E-state index in [2.05, 4.69) is 10.3 Å². The van der Waals surface area contributed by atoms with E-state index in [4.69, 9.17) is 10.8 Å². The maximum absolute atomic E-state index is 13.0. The van der Waals surface area contributed by atoms with Gasteiger partial charge in [0.15, 0.2) is 11.6 Å². The van der Waals surface area contributed by atoms with Crippen molar-refractivity contribution in [2.75, 3.05) is 11.1 Å². The van der Waals surface area contributed by atoms with Crippen molar-refractivity contribution in [2.45, 2.75) is 0 Å². The number of anilines is 3. The standard InChI is InChI=1S/C12H9F2N3O2/c13-9-2-1-7(4-10(9)14)17-11-8(12(18)19)3-6(15)5-16-11/h1-5H,15H2,(H,16,17)(H,18,19). The van der Waals surface area contributed by atoms with E-state index < -0.39 is 17.6 Å². The maximum atomic E-state index is 13.0. The van der Waals surface area contributed by atoms with Crippen molar-refractivity contribution >= 4 is 23.2 Å². The molecule has 0 fully saturated rings. The van der Waals surface area contributed by atoms with Gasteiger partial charge in [0.05, 0.1) is 11.9 Å². The van der Waals surface area contributed by atoms with Crippen LogP contribution < -0.4 is 11.1 Å². The van der Waals surface area contributed by atoms with E-state index in [1.165, 1.54) is 18.3 Å². The first kappa shape index (κ1) is 12.7. The topological polar surface area (TPSA) is 88.2 Å². The van der Waals surface area contributed by atoms with Gasteiger partial charge in [-0.2, -0.15) is 0 Å². The largest absolute Gasteiger partial charge is 0.478 e. The number of nitrogens with one attached hydrogen (secondary N) is 1. The molecule has 0 radical (unpaired) electrons. The molecule has 98 valence electrons. The van der Waals surface area contributed by atoms with Crippen molar-refractivity contribution in [3.05, 3.63) is 47.7 Å². The van der Waals surface area contributed by atoms with Gasteiger partial charge in [0.25, 0.3) is 0 Å². The second-order valence-corrected chi connectivity index (χ2v) is 3.72. The summed E-state index contributed by atoms with van der Waals surface area (Å²) in [6.45, 7) is 0. The fourth-order valence-electron chi connectivity index (χ4n) is 1.45.